The van der Waals surface area contributed by atoms with Crippen LogP contribution in [0.15, 0.2) is 54.6 Å². The molecule has 0 aliphatic rings. The maximum Gasteiger partial charge on any atom is 0.335 e. The van der Waals surface area contributed by atoms with Gasteiger partial charge in [-0.3, -0.25) is 0 Å². The molecular formula is C19H23NO4. The Morgan fingerprint density at radius 2 is 1.79 bits per heavy atom. The van der Waals surface area contributed by atoms with Gasteiger partial charge >= 0.3 is 5.97 Å². The van der Waals surface area contributed by atoms with E-state index in [1.807, 2.05) is 49.4 Å². The number of aromatic carboxylic acids is 1. The monoisotopic (exact) mass is 329 g/mol. The minimum absolute atomic E-state index is 0.159. The number of aliphatic hydroxyl groups excluding tert-OH is 1. The van der Waals surface area contributed by atoms with Crippen LogP contribution in [0.2, 0.25) is 0 Å². The summed E-state index contributed by atoms with van der Waals surface area (Å²) in [7, 11) is 0. The van der Waals surface area contributed by atoms with Crippen molar-refractivity contribution in [2.45, 2.75) is 25.5 Å². The van der Waals surface area contributed by atoms with Gasteiger partial charge in [0.1, 0.15) is 18.5 Å². The molecular weight excluding hydrogens is 306 g/mol. The van der Waals surface area contributed by atoms with Crippen LogP contribution in [-0.4, -0.2) is 41.5 Å². The summed E-state index contributed by atoms with van der Waals surface area (Å²) in [5, 5.41) is 22.1. The molecule has 0 spiro atoms. The summed E-state index contributed by atoms with van der Waals surface area (Å²) >= 11 is 0. The van der Waals surface area contributed by atoms with Gasteiger partial charge in [-0.2, -0.15) is 0 Å². The van der Waals surface area contributed by atoms with Gasteiger partial charge in [-0.05, 0) is 43.2 Å². The zero-order valence-electron chi connectivity index (χ0n) is 13.7. The number of hydrogen-bond donors (Lipinski definition) is 3. The Morgan fingerprint density at radius 3 is 2.42 bits per heavy atom. The van der Waals surface area contributed by atoms with Crippen molar-refractivity contribution in [1.29, 1.82) is 0 Å². The van der Waals surface area contributed by atoms with Gasteiger partial charge in [0.05, 0.1) is 5.56 Å². The summed E-state index contributed by atoms with van der Waals surface area (Å²) in [5.41, 5.74) is 1.34. The van der Waals surface area contributed by atoms with Crippen LogP contribution in [0.1, 0.15) is 22.8 Å². The fraction of sp³-hybridized carbons (Fsp3) is 0.316. The third kappa shape index (κ3) is 6.02. The lowest BCUT2D eigenvalue weighted by Gasteiger charge is -2.18. The third-order valence-corrected chi connectivity index (χ3v) is 3.63. The van der Waals surface area contributed by atoms with Gasteiger partial charge in [-0.1, -0.05) is 30.3 Å². The molecule has 0 aliphatic heterocycles. The predicted octanol–water partition coefficient (Wildman–Crippen LogP) is 2.35. The molecule has 2 rings (SSSR count). The van der Waals surface area contributed by atoms with Crippen molar-refractivity contribution in [2.75, 3.05) is 13.2 Å². The minimum Gasteiger partial charge on any atom is -0.491 e. The number of para-hydroxylation sites is 1. The molecule has 128 valence electrons. The third-order valence-electron chi connectivity index (χ3n) is 3.63. The fourth-order valence-electron chi connectivity index (χ4n) is 2.31. The molecule has 5 nitrogen and oxygen atoms in total. The van der Waals surface area contributed by atoms with Crippen LogP contribution in [0.5, 0.6) is 5.75 Å². The molecule has 0 amide bonds. The average molecular weight is 329 g/mol. The molecule has 0 fully saturated rings. The van der Waals surface area contributed by atoms with E-state index in [9.17, 15) is 9.90 Å². The average Bonchev–Trinajstić information content (AvgIpc) is 2.59. The Morgan fingerprint density at radius 1 is 1.12 bits per heavy atom. The summed E-state index contributed by atoms with van der Waals surface area (Å²) in [6, 6.07) is 16.4. The number of nitrogens with one attached hydrogen (secondary N) is 1. The van der Waals surface area contributed by atoms with Crippen molar-refractivity contribution in [3.8, 4) is 5.75 Å². The topological polar surface area (TPSA) is 78.8 Å². The van der Waals surface area contributed by atoms with Crippen molar-refractivity contribution in [3.63, 3.8) is 0 Å². The van der Waals surface area contributed by atoms with E-state index in [0.29, 0.717) is 6.54 Å². The number of carbonyl (C=O) groups is 1. The first-order valence-corrected chi connectivity index (χ1v) is 7.96. The molecule has 0 bridgehead atoms. The van der Waals surface area contributed by atoms with Crippen molar-refractivity contribution >= 4 is 5.97 Å². The van der Waals surface area contributed by atoms with Gasteiger partial charge in [-0.25, -0.2) is 4.79 Å². The van der Waals surface area contributed by atoms with Gasteiger partial charge in [-0.15, -0.1) is 0 Å². The van der Waals surface area contributed by atoms with Crippen molar-refractivity contribution in [1.82, 2.24) is 5.32 Å². The Kier molecular flexibility index (Phi) is 6.78. The number of hydrogen-bond acceptors (Lipinski definition) is 4. The second-order valence-corrected chi connectivity index (χ2v) is 5.79. The first-order chi connectivity index (χ1) is 11.5. The highest BCUT2D eigenvalue weighted by Gasteiger charge is 2.09. The number of rotatable bonds is 9. The van der Waals surface area contributed by atoms with E-state index < -0.39 is 12.1 Å². The summed E-state index contributed by atoms with van der Waals surface area (Å²) in [4.78, 5) is 10.8. The minimum atomic E-state index is -0.922. The van der Waals surface area contributed by atoms with Crippen LogP contribution < -0.4 is 10.1 Å². The molecule has 2 aromatic rings. The van der Waals surface area contributed by atoms with Crippen LogP contribution in [0.25, 0.3) is 0 Å². The van der Waals surface area contributed by atoms with E-state index >= 15 is 0 Å². The maximum absolute atomic E-state index is 10.8. The molecule has 0 saturated heterocycles. The summed E-state index contributed by atoms with van der Waals surface area (Å²) in [6.07, 6.45) is 0.161. The lowest BCUT2D eigenvalue weighted by molar-refractivity contribution is 0.0697. The highest BCUT2D eigenvalue weighted by Crippen LogP contribution is 2.09. The quantitative estimate of drug-likeness (QED) is 0.658. The van der Waals surface area contributed by atoms with E-state index in [0.717, 1.165) is 17.7 Å². The Bertz CT molecular complexity index is 628. The number of aliphatic hydroxyl groups is 1. The van der Waals surface area contributed by atoms with Crippen LogP contribution in [-0.2, 0) is 6.42 Å². The highest BCUT2D eigenvalue weighted by atomic mass is 16.5. The zero-order valence-corrected chi connectivity index (χ0v) is 13.7. The number of carboxylic acids is 1. The first kappa shape index (κ1) is 18.0. The lowest BCUT2D eigenvalue weighted by atomic mass is 10.1. The molecule has 24 heavy (non-hydrogen) atoms. The van der Waals surface area contributed by atoms with E-state index in [1.54, 1.807) is 12.1 Å². The molecule has 3 N–H and O–H groups in total. The second kappa shape index (κ2) is 9.05. The maximum atomic E-state index is 10.8. The smallest absolute Gasteiger partial charge is 0.335 e. The Labute approximate surface area is 141 Å². The zero-order chi connectivity index (χ0) is 17.4. The first-order valence-electron chi connectivity index (χ1n) is 7.96. The SMILES string of the molecule is C[C@H](Cc1ccc(C(=O)O)cc1)NCC(O)COc1ccccc1. The molecule has 5 heteroatoms. The molecule has 0 aromatic heterocycles. The highest BCUT2D eigenvalue weighted by molar-refractivity contribution is 5.87. The van der Waals surface area contributed by atoms with Crippen LogP contribution in [0.3, 0.4) is 0 Å². The van der Waals surface area contributed by atoms with E-state index in [4.69, 9.17) is 9.84 Å². The molecule has 2 aromatic carbocycles. The van der Waals surface area contributed by atoms with Crippen molar-refractivity contribution < 1.29 is 19.7 Å². The molecule has 0 saturated carbocycles. The molecule has 0 aliphatic carbocycles. The molecule has 0 radical (unpaired) electrons. The van der Waals surface area contributed by atoms with Crippen molar-refractivity contribution in [2.24, 2.45) is 0 Å². The predicted molar refractivity (Wildman–Crippen MR) is 92.5 cm³/mol. The van der Waals surface area contributed by atoms with Gasteiger partial charge < -0.3 is 20.3 Å². The number of ether oxygens (including phenoxy) is 1. The van der Waals surface area contributed by atoms with E-state index in [2.05, 4.69) is 5.32 Å². The fourth-order valence-corrected chi connectivity index (χ4v) is 2.31. The van der Waals surface area contributed by atoms with Gasteiger partial charge in [0.2, 0.25) is 0 Å². The van der Waals surface area contributed by atoms with E-state index in [-0.39, 0.29) is 18.2 Å². The van der Waals surface area contributed by atoms with Gasteiger partial charge in [0.15, 0.2) is 0 Å². The summed E-state index contributed by atoms with van der Waals surface area (Å²) in [5.74, 6) is -0.183. The van der Waals surface area contributed by atoms with Crippen LogP contribution in [0, 0.1) is 0 Å². The summed E-state index contributed by atoms with van der Waals surface area (Å²) < 4.78 is 5.51. The molecule has 1 unspecified atom stereocenters. The lowest BCUT2D eigenvalue weighted by Crippen LogP contribution is -2.37. The second-order valence-electron chi connectivity index (χ2n) is 5.79. The van der Waals surface area contributed by atoms with E-state index in [1.165, 1.54) is 0 Å². The van der Waals surface area contributed by atoms with Crippen LogP contribution >= 0.6 is 0 Å². The largest absolute Gasteiger partial charge is 0.491 e. The van der Waals surface area contributed by atoms with Gasteiger partial charge in [0.25, 0.3) is 0 Å². The summed E-state index contributed by atoms with van der Waals surface area (Å²) in [6.45, 7) is 2.69. The Hall–Kier alpha value is -2.37. The molecule has 0 heterocycles. The van der Waals surface area contributed by atoms with Gasteiger partial charge in [0, 0.05) is 12.6 Å². The van der Waals surface area contributed by atoms with Crippen molar-refractivity contribution in [3.05, 3.63) is 65.7 Å². The Balaban J connectivity index is 1.70. The standard InChI is InChI=1S/C19H23NO4/c1-14(11-15-7-9-16(10-8-15)19(22)23)20-12-17(21)13-24-18-5-3-2-4-6-18/h2-10,14,17,20-21H,11-13H2,1H3,(H,22,23)/t14-,17?/m1/s1. The number of carboxylic acid groups (broad SMARTS) is 1. The number of benzene rings is 2. The normalized spacial score (nSPS) is 13.2. The van der Waals surface area contributed by atoms with Crippen LogP contribution in [0.4, 0.5) is 0 Å². The molecule has 2 atom stereocenters.